The molecule has 6 heteroatoms. The summed E-state index contributed by atoms with van der Waals surface area (Å²) in [5.41, 5.74) is -0.394. The van der Waals surface area contributed by atoms with Crippen molar-refractivity contribution in [2.24, 2.45) is 11.3 Å². The minimum atomic E-state index is -1.43. The van der Waals surface area contributed by atoms with Crippen LogP contribution in [0, 0.1) is 34.0 Å². The standard InChI is InChI=1S/C19H11ClN2O3/c20-13-7-15-14(24-10-25-15)6-12(13)16-17(19(16,8-21)9-22)18(23)11-4-2-1-3-5-11/h1-7,16-17H,10H2/t16-,17+/m1/s1. The number of ether oxygens (including phenoxy) is 2. The van der Waals surface area contributed by atoms with E-state index in [1.807, 2.05) is 12.1 Å². The highest BCUT2D eigenvalue weighted by Crippen LogP contribution is 2.66. The van der Waals surface area contributed by atoms with Crippen LogP contribution in [0.15, 0.2) is 42.5 Å². The second kappa shape index (κ2) is 5.51. The van der Waals surface area contributed by atoms with Crippen molar-refractivity contribution in [2.45, 2.75) is 5.92 Å². The highest BCUT2D eigenvalue weighted by atomic mass is 35.5. The molecule has 25 heavy (non-hydrogen) atoms. The predicted octanol–water partition coefficient (Wildman–Crippen LogP) is 3.70. The normalized spacial score (nSPS) is 21.9. The van der Waals surface area contributed by atoms with Crippen LogP contribution in [0.3, 0.4) is 0 Å². The molecular formula is C19H11ClN2O3. The molecule has 1 saturated carbocycles. The first-order chi connectivity index (χ1) is 12.1. The number of ketones is 1. The lowest BCUT2D eigenvalue weighted by molar-refractivity contribution is 0.0958. The number of Topliss-reactive ketones (excluding diaryl/α,β-unsaturated/α-hetero) is 1. The molecule has 2 aliphatic rings. The lowest BCUT2D eigenvalue weighted by Gasteiger charge is -2.06. The molecule has 0 unspecified atom stereocenters. The van der Waals surface area contributed by atoms with Gasteiger partial charge in [0.25, 0.3) is 0 Å². The zero-order valence-corrected chi connectivity index (χ0v) is 13.7. The van der Waals surface area contributed by atoms with Gasteiger partial charge in [0.2, 0.25) is 6.79 Å². The van der Waals surface area contributed by atoms with Crippen LogP contribution in [0.4, 0.5) is 0 Å². The van der Waals surface area contributed by atoms with Gasteiger partial charge in [-0.1, -0.05) is 41.9 Å². The molecule has 2 atom stereocenters. The molecule has 0 amide bonds. The van der Waals surface area contributed by atoms with Gasteiger partial charge >= 0.3 is 0 Å². The molecule has 1 aliphatic heterocycles. The Morgan fingerprint density at radius 2 is 1.76 bits per heavy atom. The quantitative estimate of drug-likeness (QED) is 0.788. The van der Waals surface area contributed by atoms with Crippen molar-refractivity contribution < 1.29 is 14.3 Å². The van der Waals surface area contributed by atoms with Crippen LogP contribution in [-0.2, 0) is 0 Å². The van der Waals surface area contributed by atoms with Crippen molar-refractivity contribution in [3.8, 4) is 23.6 Å². The van der Waals surface area contributed by atoms with E-state index in [0.717, 1.165) is 0 Å². The summed E-state index contributed by atoms with van der Waals surface area (Å²) in [6.07, 6.45) is 0. The van der Waals surface area contributed by atoms with E-state index in [2.05, 4.69) is 0 Å². The fourth-order valence-corrected chi connectivity index (χ4v) is 3.70. The third-order valence-electron chi connectivity index (χ3n) is 4.74. The van der Waals surface area contributed by atoms with Gasteiger partial charge in [-0.3, -0.25) is 4.79 Å². The number of nitrogens with zero attached hydrogens (tertiary/aromatic N) is 2. The zero-order valence-electron chi connectivity index (χ0n) is 12.9. The van der Waals surface area contributed by atoms with Crippen molar-refractivity contribution in [3.63, 3.8) is 0 Å². The molecule has 4 rings (SSSR count). The van der Waals surface area contributed by atoms with Crippen LogP contribution in [-0.4, -0.2) is 12.6 Å². The van der Waals surface area contributed by atoms with Crippen molar-refractivity contribution in [1.29, 1.82) is 10.5 Å². The smallest absolute Gasteiger partial charge is 0.231 e. The van der Waals surface area contributed by atoms with Gasteiger partial charge in [0.1, 0.15) is 0 Å². The molecular weight excluding hydrogens is 340 g/mol. The SMILES string of the molecule is N#CC1(C#N)[C@H](C(=O)c2ccccc2)[C@H]1c1cc2c(cc1Cl)OCO2. The van der Waals surface area contributed by atoms with Crippen LogP contribution < -0.4 is 9.47 Å². The van der Waals surface area contributed by atoms with Crippen molar-refractivity contribution in [1.82, 2.24) is 0 Å². The molecule has 5 nitrogen and oxygen atoms in total. The van der Waals surface area contributed by atoms with Gasteiger partial charge in [-0.15, -0.1) is 0 Å². The molecule has 1 aliphatic carbocycles. The van der Waals surface area contributed by atoms with Crippen LogP contribution in [0.25, 0.3) is 0 Å². The van der Waals surface area contributed by atoms with E-state index in [1.165, 1.54) is 0 Å². The minimum Gasteiger partial charge on any atom is -0.454 e. The van der Waals surface area contributed by atoms with Crippen LogP contribution >= 0.6 is 11.6 Å². The van der Waals surface area contributed by atoms with Crippen molar-refractivity contribution in [3.05, 3.63) is 58.6 Å². The van der Waals surface area contributed by atoms with Crippen LogP contribution in [0.2, 0.25) is 5.02 Å². The molecule has 1 fully saturated rings. The number of carbonyl (C=O) groups excluding carboxylic acids is 1. The maximum absolute atomic E-state index is 12.9. The van der Waals surface area contributed by atoms with Gasteiger partial charge in [-0.2, -0.15) is 10.5 Å². The zero-order chi connectivity index (χ0) is 17.6. The average molecular weight is 351 g/mol. The largest absolute Gasteiger partial charge is 0.454 e. The second-order valence-electron chi connectivity index (χ2n) is 6.01. The Balaban J connectivity index is 1.78. The number of hydrogen-bond donors (Lipinski definition) is 0. The highest BCUT2D eigenvalue weighted by molar-refractivity contribution is 6.31. The van der Waals surface area contributed by atoms with E-state index in [-0.39, 0.29) is 12.6 Å². The third-order valence-corrected chi connectivity index (χ3v) is 5.07. The Labute approximate surface area is 149 Å². The first-order valence-corrected chi connectivity index (χ1v) is 8.01. The highest BCUT2D eigenvalue weighted by Gasteiger charge is 2.71. The summed E-state index contributed by atoms with van der Waals surface area (Å²) in [5.74, 6) is -0.579. The summed E-state index contributed by atoms with van der Waals surface area (Å²) < 4.78 is 10.6. The molecule has 0 spiro atoms. The Hall–Kier alpha value is -3.02. The molecule has 122 valence electrons. The predicted molar refractivity (Wildman–Crippen MR) is 88.2 cm³/mol. The Kier molecular flexibility index (Phi) is 3.42. The molecule has 0 aromatic heterocycles. The number of hydrogen-bond acceptors (Lipinski definition) is 5. The summed E-state index contributed by atoms with van der Waals surface area (Å²) >= 11 is 6.33. The number of benzene rings is 2. The van der Waals surface area contributed by atoms with Gasteiger partial charge < -0.3 is 9.47 Å². The fraction of sp³-hybridized carbons (Fsp3) is 0.211. The van der Waals surface area contributed by atoms with Gasteiger partial charge in [0.15, 0.2) is 22.7 Å². The molecule has 0 saturated heterocycles. The average Bonchev–Trinajstić information content (AvgIpc) is 3.10. The van der Waals surface area contributed by atoms with E-state index in [0.29, 0.717) is 27.6 Å². The number of nitriles is 2. The van der Waals surface area contributed by atoms with Gasteiger partial charge in [0.05, 0.1) is 18.1 Å². The summed E-state index contributed by atoms with van der Waals surface area (Å²) in [6.45, 7) is 0.0911. The lowest BCUT2D eigenvalue weighted by Crippen LogP contribution is -2.08. The fourth-order valence-electron chi connectivity index (χ4n) is 3.43. The van der Waals surface area contributed by atoms with Crippen LogP contribution in [0.1, 0.15) is 21.8 Å². The van der Waals surface area contributed by atoms with Gasteiger partial charge in [-0.25, -0.2) is 0 Å². The molecule has 1 heterocycles. The van der Waals surface area contributed by atoms with Gasteiger partial charge in [-0.05, 0) is 11.6 Å². The molecule has 0 radical (unpaired) electrons. The second-order valence-corrected chi connectivity index (χ2v) is 6.41. The van der Waals surface area contributed by atoms with E-state index >= 15 is 0 Å². The van der Waals surface area contributed by atoms with E-state index in [9.17, 15) is 15.3 Å². The summed E-state index contributed by atoms with van der Waals surface area (Å²) in [6, 6.07) is 16.0. The number of carbonyl (C=O) groups is 1. The molecule has 2 aromatic carbocycles. The summed E-state index contributed by atoms with van der Waals surface area (Å²) in [4.78, 5) is 12.9. The van der Waals surface area contributed by atoms with Crippen molar-refractivity contribution >= 4 is 17.4 Å². The topological polar surface area (TPSA) is 83.1 Å². The monoisotopic (exact) mass is 350 g/mol. The number of halogens is 1. The third kappa shape index (κ3) is 2.17. The summed E-state index contributed by atoms with van der Waals surface area (Å²) in [7, 11) is 0. The van der Waals surface area contributed by atoms with E-state index < -0.39 is 17.3 Å². The maximum Gasteiger partial charge on any atom is 0.231 e. The summed E-state index contributed by atoms with van der Waals surface area (Å²) in [5, 5.41) is 19.6. The van der Waals surface area contributed by atoms with E-state index in [4.69, 9.17) is 21.1 Å². The van der Waals surface area contributed by atoms with Crippen LogP contribution in [0.5, 0.6) is 11.5 Å². The van der Waals surface area contributed by atoms with Gasteiger partial charge in [0, 0.05) is 22.6 Å². The Bertz CT molecular complexity index is 945. The lowest BCUT2D eigenvalue weighted by atomic mass is 10.0. The number of fused-ring (bicyclic) bond motifs is 1. The van der Waals surface area contributed by atoms with E-state index in [1.54, 1.807) is 42.5 Å². The Morgan fingerprint density at radius 1 is 1.12 bits per heavy atom. The first kappa shape index (κ1) is 15.5. The maximum atomic E-state index is 12.9. The Morgan fingerprint density at radius 3 is 2.40 bits per heavy atom. The number of rotatable bonds is 3. The first-order valence-electron chi connectivity index (χ1n) is 7.63. The minimum absolute atomic E-state index is 0.0911. The molecule has 2 aromatic rings. The van der Waals surface area contributed by atoms with Crippen molar-refractivity contribution in [2.75, 3.05) is 6.79 Å². The molecule has 0 bridgehead atoms. The molecule has 0 N–H and O–H groups in total.